The van der Waals surface area contributed by atoms with Gasteiger partial charge in [0.1, 0.15) is 0 Å². The second-order valence-corrected chi connectivity index (χ2v) is 12.4. The summed E-state index contributed by atoms with van der Waals surface area (Å²) in [7, 11) is 0. The molecule has 0 radical (unpaired) electrons. The molecule has 3 aromatic carbocycles. The van der Waals surface area contributed by atoms with Crippen LogP contribution in [-0.4, -0.2) is 52.8 Å². The average Bonchev–Trinajstić information content (AvgIpc) is 3.27. The molecule has 1 aromatic heterocycles. The number of amides is 2. The minimum atomic E-state index is -0.253. The van der Waals surface area contributed by atoms with Crippen LogP contribution in [0.15, 0.2) is 85.2 Å². The first kappa shape index (κ1) is 31.6. The molecule has 2 heterocycles. The maximum atomic E-state index is 12.6. The van der Waals surface area contributed by atoms with Crippen LogP contribution in [-0.2, 0) is 12.1 Å². The molecule has 0 spiro atoms. The number of carbonyl (C=O) groups excluding carboxylic acids is 2. The van der Waals surface area contributed by atoms with Crippen LogP contribution in [0.25, 0.3) is 11.1 Å². The molecule has 1 aliphatic heterocycles. The lowest BCUT2D eigenvalue weighted by Crippen LogP contribution is -2.42. The molecule has 4 aromatic rings. The molecule has 0 unspecified atom stereocenters. The summed E-state index contributed by atoms with van der Waals surface area (Å²) in [6, 6.07) is 24.1. The van der Waals surface area contributed by atoms with E-state index in [2.05, 4.69) is 79.3 Å². The summed E-state index contributed by atoms with van der Waals surface area (Å²) >= 11 is 6.52. The standard InChI is InChI=1S/C37H41ClN4O2/c1-26-24-40-20-17-31(26)28-11-7-13-30(23-28)37(3,4)41(25-29-12-8-16-34(38)27(29)2)21-9-18-39-19-10-22-42-35(43)32-14-5-6-15-33(32)36(42)44/h5-8,11-17,20,23-24,39H,9-10,18-19,21-22,25H2,1-4H3. The molecule has 44 heavy (non-hydrogen) atoms. The number of fused-ring (bicyclic) bond motifs is 1. The van der Waals surface area contributed by atoms with Crippen LogP contribution in [0.5, 0.6) is 0 Å². The maximum absolute atomic E-state index is 12.6. The van der Waals surface area contributed by atoms with E-state index in [1.54, 1.807) is 24.3 Å². The summed E-state index contributed by atoms with van der Waals surface area (Å²) in [6.45, 7) is 12.4. The Hall–Kier alpha value is -3.84. The van der Waals surface area contributed by atoms with Gasteiger partial charge in [-0.15, -0.1) is 0 Å². The molecule has 0 atom stereocenters. The van der Waals surface area contributed by atoms with E-state index in [0.717, 1.165) is 48.7 Å². The molecule has 0 saturated heterocycles. The molecule has 6 nitrogen and oxygen atoms in total. The lowest BCUT2D eigenvalue weighted by molar-refractivity contribution is 0.0652. The Morgan fingerprint density at radius 2 is 1.57 bits per heavy atom. The third kappa shape index (κ3) is 6.78. The Bertz CT molecular complexity index is 1620. The topological polar surface area (TPSA) is 65.5 Å². The van der Waals surface area contributed by atoms with Gasteiger partial charge < -0.3 is 5.32 Å². The van der Waals surface area contributed by atoms with Gasteiger partial charge in [-0.25, -0.2) is 0 Å². The van der Waals surface area contributed by atoms with Gasteiger partial charge in [0.05, 0.1) is 11.1 Å². The fourth-order valence-corrected chi connectivity index (χ4v) is 6.15. The highest BCUT2D eigenvalue weighted by molar-refractivity contribution is 6.31. The van der Waals surface area contributed by atoms with Gasteiger partial charge in [0.25, 0.3) is 11.8 Å². The van der Waals surface area contributed by atoms with Crippen LogP contribution in [0.1, 0.15) is 69.7 Å². The number of aromatic nitrogens is 1. The van der Waals surface area contributed by atoms with E-state index < -0.39 is 0 Å². The predicted molar refractivity (Wildman–Crippen MR) is 178 cm³/mol. The van der Waals surface area contributed by atoms with Crippen LogP contribution in [0.4, 0.5) is 0 Å². The van der Waals surface area contributed by atoms with Crippen LogP contribution >= 0.6 is 11.6 Å². The largest absolute Gasteiger partial charge is 0.317 e. The molecule has 0 saturated carbocycles. The summed E-state index contributed by atoms with van der Waals surface area (Å²) in [5.41, 5.74) is 7.88. The van der Waals surface area contributed by atoms with Crippen molar-refractivity contribution in [2.24, 2.45) is 0 Å². The Labute approximate surface area is 266 Å². The number of nitrogens with zero attached hydrogens (tertiary/aromatic N) is 3. The van der Waals surface area contributed by atoms with Crippen molar-refractivity contribution in [1.29, 1.82) is 0 Å². The van der Waals surface area contributed by atoms with Gasteiger partial charge in [0.2, 0.25) is 0 Å². The van der Waals surface area contributed by atoms with Gasteiger partial charge >= 0.3 is 0 Å². The van der Waals surface area contributed by atoms with Crippen molar-refractivity contribution in [2.75, 3.05) is 26.2 Å². The molecule has 0 bridgehead atoms. The molecule has 2 amide bonds. The van der Waals surface area contributed by atoms with Crippen molar-refractivity contribution in [1.82, 2.24) is 20.1 Å². The number of aryl methyl sites for hydroxylation is 1. The van der Waals surface area contributed by atoms with E-state index in [1.165, 1.54) is 27.2 Å². The van der Waals surface area contributed by atoms with Gasteiger partial charge in [0, 0.05) is 42.6 Å². The predicted octanol–water partition coefficient (Wildman–Crippen LogP) is 7.42. The maximum Gasteiger partial charge on any atom is 0.261 e. The van der Waals surface area contributed by atoms with Crippen LogP contribution in [0.2, 0.25) is 5.02 Å². The van der Waals surface area contributed by atoms with Gasteiger partial charge in [-0.05, 0) is 117 Å². The molecule has 7 heteroatoms. The number of imide groups is 1. The highest BCUT2D eigenvalue weighted by Gasteiger charge is 2.34. The number of pyridine rings is 1. The van der Waals surface area contributed by atoms with Crippen molar-refractivity contribution in [3.63, 3.8) is 0 Å². The molecule has 0 aliphatic carbocycles. The van der Waals surface area contributed by atoms with Gasteiger partial charge in [-0.1, -0.05) is 54.1 Å². The SMILES string of the molecule is Cc1cnccc1-c1cccc(C(C)(C)N(CCCNCCCN2C(=O)c3ccccc3C2=O)Cc2cccc(Cl)c2C)c1. The molecule has 5 rings (SSSR count). The number of halogens is 1. The summed E-state index contributed by atoms with van der Waals surface area (Å²) in [5.74, 6) is -0.383. The Morgan fingerprint density at radius 3 is 2.30 bits per heavy atom. The first-order valence-electron chi connectivity index (χ1n) is 15.3. The van der Waals surface area contributed by atoms with Crippen molar-refractivity contribution in [2.45, 2.75) is 52.6 Å². The van der Waals surface area contributed by atoms with Gasteiger partial charge in [-0.2, -0.15) is 0 Å². The summed E-state index contributed by atoms with van der Waals surface area (Å²) in [5, 5.41) is 4.31. The summed E-state index contributed by atoms with van der Waals surface area (Å²) in [4.78, 5) is 33.5. The lowest BCUT2D eigenvalue weighted by atomic mass is 9.88. The zero-order valence-corrected chi connectivity index (χ0v) is 26.8. The molecular weight excluding hydrogens is 568 g/mol. The second kappa shape index (κ2) is 13.9. The van der Waals surface area contributed by atoms with Crippen molar-refractivity contribution >= 4 is 23.4 Å². The number of carbonyl (C=O) groups is 2. The average molecular weight is 609 g/mol. The molecule has 228 valence electrons. The number of hydrogen-bond donors (Lipinski definition) is 1. The molecular formula is C37H41ClN4O2. The van der Waals surface area contributed by atoms with Crippen molar-refractivity contribution in [3.8, 4) is 11.1 Å². The quantitative estimate of drug-likeness (QED) is 0.126. The van der Waals surface area contributed by atoms with Gasteiger partial charge in [-0.3, -0.25) is 24.4 Å². The number of rotatable bonds is 13. The zero-order chi connectivity index (χ0) is 31.3. The van der Waals surface area contributed by atoms with Crippen molar-refractivity contribution < 1.29 is 9.59 Å². The number of nitrogens with one attached hydrogen (secondary N) is 1. The van der Waals surface area contributed by atoms with Gasteiger partial charge in [0.15, 0.2) is 0 Å². The highest BCUT2D eigenvalue weighted by atomic mass is 35.5. The van der Waals surface area contributed by atoms with Crippen LogP contribution < -0.4 is 5.32 Å². The minimum absolute atomic E-state index is 0.192. The minimum Gasteiger partial charge on any atom is -0.317 e. The monoisotopic (exact) mass is 608 g/mol. The fraction of sp³-hybridized carbons (Fsp3) is 0.324. The van der Waals surface area contributed by atoms with Crippen LogP contribution in [0.3, 0.4) is 0 Å². The van der Waals surface area contributed by atoms with E-state index >= 15 is 0 Å². The molecule has 1 aliphatic rings. The highest BCUT2D eigenvalue weighted by Crippen LogP contribution is 2.34. The lowest BCUT2D eigenvalue weighted by Gasteiger charge is -2.40. The fourth-order valence-electron chi connectivity index (χ4n) is 5.96. The first-order valence-corrected chi connectivity index (χ1v) is 15.7. The van der Waals surface area contributed by atoms with E-state index in [4.69, 9.17) is 11.6 Å². The number of benzene rings is 3. The van der Waals surface area contributed by atoms with E-state index in [9.17, 15) is 9.59 Å². The molecule has 1 N–H and O–H groups in total. The van der Waals surface area contributed by atoms with E-state index in [-0.39, 0.29) is 17.4 Å². The number of hydrogen-bond acceptors (Lipinski definition) is 5. The van der Waals surface area contributed by atoms with E-state index in [1.807, 2.05) is 24.5 Å². The Balaban J connectivity index is 1.22. The summed E-state index contributed by atoms with van der Waals surface area (Å²) < 4.78 is 0. The third-order valence-corrected chi connectivity index (χ3v) is 9.24. The first-order chi connectivity index (χ1) is 21.2. The zero-order valence-electron chi connectivity index (χ0n) is 26.1. The smallest absolute Gasteiger partial charge is 0.261 e. The van der Waals surface area contributed by atoms with E-state index in [0.29, 0.717) is 24.1 Å². The molecule has 0 fully saturated rings. The third-order valence-electron chi connectivity index (χ3n) is 8.83. The Morgan fingerprint density at radius 1 is 0.864 bits per heavy atom. The summed E-state index contributed by atoms with van der Waals surface area (Å²) in [6.07, 6.45) is 5.41. The Kier molecular flexibility index (Phi) is 9.94. The van der Waals surface area contributed by atoms with Crippen molar-refractivity contribution in [3.05, 3.63) is 124 Å². The second-order valence-electron chi connectivity index (χ2n) is 12.0. The normalized spacial score (nSPS) is 13.2. The van der Waals surface area contributed by atoms with Crippen LogP contribution in [0, 0.1) is 13.8 Å².